The summed E-state index contributed by atoms with van der Waals surface area (Å²) in [4.78, 5) is 25.0. The number of nitrogens with zero attached hydrogens (tertiary/aromatic N) is 2. The Labute approximate surface area is 113 Å². The molecule has 0 aromatic carbocycles. The first kappa shape index (κ1) is 15.3. The number of amides is 2. The average Bonchev–Trinajstić information content (AvgIpc) is 2.40. The maximum Gasteiger partial charge on any atom is 0.329 e. The van der Waals surface area contributed by atoms with Crippen molar-refractivity contribution in [3.05, 3.63) is 0 Å². The Balaban J connectivity index is 2.70. The Morgan fingerprint density at radius 2 is 2.00 bits per heavy atom. The zero-order chi connectivity index (χ0) is 14.3. The molecule has 0 aliphatic heterocycles. The van der Waals surface area contributed by atoms with Crippen molar-refractivity contribution in [1.82, 2.24) is 10.2 Å². The summed E-state index contributed by atoms with van der Waals surface area (Å²) in [6.07, 6.45) is 3.85. The Kier molecular flexibility index (Phi) is 5.61. The summed E-state index contributed by atoms with van der Waals surface area (Å²) in [5.74, 6) is -0.961. The molecule has 0 radical (unpaired) electrons. The molecule has 0 spiro atoms. The summed E-state index contributed by atoms with van der Waals surface area (Å²) in [5, 5.41) is 20.6. The van der Waals surface area contributed by atoms with E-state index in [0.717, 1.165) is 19.3 Å². The highest BCUT2D eigenvalue weighted by Gasteiger charge is 2.41. The summed E-state index contributed by atoms with van der Waals surface area (Å²) < 4.78 is 0. The molecule has 106 valence electrons. The Bertz CT molecular complexity index is 370. The number of nitriles is 1. The molecule has 0 bridgehead atoms. The highest BCUT2D eigenvalue weighted by molar-refractivity contribution is 5.86. The molecule has 1 rings (SSSR count). The zero-order valence-electron chi connectivity index (χ0n) is 11.3. The van der Waals surface area contributed by atoms with Gasteiger partial charge in [-0.3, -0.25) is 0 Å². The number of carbonyl (C=O) groups excluding carboxylic acids is 1. The lowest BCUT2D eigenvalue weighted by Crippen LogP contribution is -2.58. The normalized spacial score (nSPS) is 17.3. The molecule has 0 atom stereocenters. The van der Waals surface area contributed by atoms with Crippen LogP contribution in [0.15, 0.2) is 0 Å². The number of carboxylic acid groups (broad SMARTS) is 1. The Hall–Kier alpha value is -1.77. The van der Waals surface area contributed by atoms with Gasteiger partial charge in [-0.25, -0.2) is 9.59 Å². The highest BCUT2D eigenvalue weighted by atomic mass is 16.4. The van der Waals surface area contributed by atoms with Gasteiger partial charge in [0.2, 0.25) is 0 Å². The number of urea groups is 1. The van der Waals surface area contributed by atoms with E-state index in [2.05, 4.69) is 5.32 Å². The molecule has 1 aliphatic rings. The van der Waals surface area contributed by atoms with Gasteiger partial charge in [-0.2, -0.15) is 5.26 Å². The summed E-state index contributed by atoms with van der Waals surface area (Å²) in [5.41, 5.74) is -1.13. The summed E-state index contributed by atoms with van der Waals surface area (Å²) in [6.45, 7) is 2.60. The molecule has 0 saturated heterocycles. The van der Waals surface area contributed by atoms with Crippen LogP contribution in [0.1, 0.15) is 45.4 Å². The number of carboxylic acids is 1. The average molecular weight is 267 g/mol. The van der Waals surface area contributed by atoms with Gasteiger partial charge < -0.3 is 15.3 Å². The van der Waals surface area contributed by atoms with Crippen molar-refractivity contribution in [2.24, 2.45) is 0 Å². The maximum absolute atomic E-state index is 12.1. The van der Waals surface area contributed by atoms with Gasteiger partial charge >= 0.3 is 12.0 Å². The quantitative estimate of drug-likeness (QED) is 0.793. The number of aliphatic carboxylic acids is 1. The maximum atomic E-state index is 12.1. The van der Waals surface area contributed by atoms with E-state index in [0.29, 0.717) is 25.9 Å². The second-order valence-electron chi connectivity index (χ2n) is 4.87. The van der Waals surface area contributed by atoms with Gasteiger partial charge in [-0.15, -0.1) is 0 Å². The third kappa shape index (κ3) is 3.85. The summed E-state index contributed by atoms with van der Waals surface area (Å²) >= 11 is 0. The van der Waals surface area contributed by atoms with Crippen LogP contribution in [-0.4, -0.2) is 40.6 Å². The number of hydrogen-bond acceptors (Lipinski definition) is 3. The Morgan fingerprint density at radius 3 is 2.47 bits per heavy atom. The highest BCUT2D eigenvalue weighted by Crippen LogP contribution is 2.28. The fraction of sp³-hybridized carbons (Fsp3) is 0.769. The van der Waals surface area contributed by atoms with Crippen LogP contribution in [0.2, 0.25) is 0 Å². The van der Waals surface area contributed by atoms with E-state index in [9.17, 15) is 14.7 Å². The molecule has 2 N–H and O–H groups in total. The van der Waals surface area contributed by atoms with E-state index in [1.807, 2.05) is 13.0 Å². The van der Waals surface area contributed by atoms with Crippen LogP contribution < -0.4 is 5.32 Å². The summed E-state index contributed by atoms with van der Waals surface area (Å²) in [7, 11) is 0. The number of nitrogens with one attached hydrogen (secondary N) is 1. The Morgan fingerprint density at radius 1 is 1.37 bits per heavy atom. The molecular formula is C13H21N3O3. The van der Waals surface area contributed by atoms with Crippen LogP contribution in [0.5, 0.6) is 0 Å². The van der Waals surface area contributed by atoms with Crippen LogP contribution in [0, 0.1) is 11.3 Å². The fourth-order valence-electron chi connectivity index (χ4n) is 2.42. The van der Waals surface area contributed by atoms with E-state index in [1.54, 1.807) is 0 Å². The van der Waals surface area contributed by atoms with E-state index in [1.165, 1.54) is 4.90 Å². The van der Waals surface area contributed by atoms with Crippen molar-refractivity contribution in [3.63, 3.8) is 0 Å². The lowest BCUT2D eigenvalue weighted by Gasteiger charge is -2.35. The fourth-order valence-corrected chi connectivity index (χ4v) is 2.42. The van der Waals surface area contributed by atoms with Crippen molar-refractivity contribution in [2.75, 3.05) is 13.1 Å². The lowest BCUT2D eigenvalue weighted by atomic mass is 9.82. The minimum Gasteiger partial charge on any atom is -0.480 e. The van der Waals surface area contributed by atoms with Crippen molar-refractivity contribution >= 4 is 12.0 Å². The van der Waals surface area contributed by atoms with E-state index < -0.39 is 11.5 Å². The zero-order valence-corrected chi connectivity index (χ0v) is 11.3. The first-order chi connectivity index (χ1) is 9.05. The van der Waals surface area contributed by atoms with Gasteiger partial charge in [0.25, 0.3) is 0 Å². The molecule has 0 unspecified atom stereocenters. The predicted octanol–water partition coefficient (Wildman–Crippen LogP) is 1.72. The van der Waals surface area contributed by atoms with Crippen LogP contribution >= 0.6 is 0 Å². The minimum atomic E-state index is -1.13. The molecule has 0 aromatic heterocycles. The van der Waals surface area contributed by atoms with Gasteiger partial charge in [0.1, 0.15) is 5.54 Å². The SMILES string of the molecule is CCN(CCC#N)C(=O)NC1(C(=O)O)CCCCC1. The van der Waals surface area contributed by atoms with Gasteiger partial charge in [0, 0.05) is 13.1 Å². The third-order valence-electron chi connectivity index (χ3n) is 3.63. The summed E-state index contributed by atoms with van der Waals surface area (Å²) in [6, 6.07) is 1.60. The van der Waals surface area contributed by atoms with Crippen LogP contribution in [-0.2, 0) is 4.79 Å². The second kappa shape index (κ2) is 6.98. The van der Waals surface area contributed by atoms with Gasteiger partial charge in [-0.05, 0) is 19.8 Å². The molecule has 0 aromatic rings. The van der Waals surface area contributed by atoms with Crippen LogP contribution in [0.25, 0.3) is 0 Å². The molecule has 1 saturated carbocycles. The molecule has 6 heteroatoms. The van der Waals surface area contributed by atoms with Crippen molar-refractivity contribution in [2.45, 2.75) is 51.0 Å². The van der Waals surface area contributed by atoms with E-state index in [-0.39, 0.29) is 12.5 Å². The monoisotopic (exact) mass is 267 g/mol. The van der Waals surface area contributed by atoms with Crippen molar-refractivity contribution in [1.29, 1.82) is 5.26 Å². The van der Waals surface area contributed by atoms with Crippen molar-refractivity contribution in [3.8, 4) is 6.07 Å². The first-order valence-corrected chi connectivity index (χ1v) is 6.73. The second-order valence-corrected chi connectivity index (χ2v) is 4.87. The number of hydrogen-bond donors (Lipinski definition) is 2. The van der Waals surface area contributed by atoms with E-state index >= 15 is 0 Å². The topological polar surface area (TPSA) is 93.4 Å². The minimum absolute atomic E-state index is 0.251. The van der Waals surface area contributed by atoms with Gasteiger partial charge in [0.15, 0.2) is 0 Å². The van der Waals surface area contributed by atoms with E-state index in [4.69, 9.17) is 5.26 Å². The van der Waals surface area contributed by atoms with Crippen LogP contribution in [0.3, 0.4) is 0 Å². The molecule has 0 heterocycles. The first-order valence-electron chi connectivity index (χ1n) is 6.73. The largest absolute Gasteiger partial charge is 0.480 e. The number of carbonyl (C=O) groups is 2. The standard InChI is InChI=1S/C13H21N3O3/c1-2-16(10-6-9-14)12(19)15-13(11(17)18)7-4-3-5-8-13/h2-8,10H2,1H3,(H,15,19)(H,17,18). The van der Waals surface area contributed by atoms with Gasteiger partial charge in [-0.1, -0.05) is 19.3 Å². The van der Waals surface area contributed by atoms with Gasteiger partial charge in [0.05, 0.1) is 12.5 Å². The predicted molar refractivity (Wildman–Crippen MR) is 69.5 cm³/mol. The van der Waals surface area contributed by atoms with Crippen molar-refractivity contribution < 1.29 is 14.7 Å². The molecule has 6 nitrogen and oxygen atoms in total. The smallest absolute Gasteiger partial charge is 0.329 e. The lowest BCUT2D eigenvalue weighted by molar-refractivity contribution is -0.146. The molecule has 2 amide bonds. The molecule has 1 aliphatic carbocycles. The number of rotatable bonds is 5. The van der Waals surface area contributed by atoms with Crippen LogP contribution in [0.4, 0.5) is 4.79 Å². The molecule has 1 fully saturated rings. The third-order valence-corrected chi connectivity index (χ3v) is 3.63. The molecule has 19 heavy (non-hydrogen) atoms. The molecular weight excluding hydrogens is 246 g/mol.